The molecule has 414 valence electrons. The summed E-state index contributed by atoms with van der Waals surface area (Å²) in [7, 11) is 10.0. The number of ether oxygens (including phenoxy) is 20. The van der Waals surface area contributed by atoms with Crippen molar-refractivity contribution in [3.05, 3.63) is 0 Å². The quantitative estimate of drug-likeness (QED) is 0.0837. The third-order valence-electron chi connectivity index (χ3n) is 11.2. The number of rotatable bonds is 24. The summed E-state index contributed by atoms with van der Waals surface area (Å²) in [5.41, 5.74) is 0. The van der Waals surface area contributed by atoms with Gasteiger partial charge in [0.25, 0.3) is 0 Å². The third kappa shape index (κ3) is 27.9. The summed E-state index contributed by atoms with van der Waals surface area (Å²) in [5.74, 6) is -2.17. The Hall–Kier alpha value is -0.800. The summed E-state index contributed by atoms with van der Waals surface area (Å²) in [6.45, 7) is 28.9. The molecule has 6 rings (SSSR count). The lowest BCUT2D eigenvalue weighted by Gasteiger charge is -2.38. The number of hydrogen-bond acceptors (Lipinski definition) is 20. The Bertz CT molecular complexity index is 1160. The smallest absolute Gasteiger partial charge is 0.191 e. The van der Waals surface area contributed by atoms with Crippen LogP contribution in [-0.2, 0) is 94.7 Å². The average molecular weight is 1010 g/mol. The van der Waals surface area contributed by atoms with Crippen molar-refractivity contribution in [1.29, 1.82) is 0 Å². The molecule has 1 saturated carbocycles. The Morgan fingerprint density at radius 2 is 0.928 bits per heavy atom. The largest absolute Gasteiger partial charge is 0.382 e. The van der Waals surface area contributed by atoms with Crippen LogP contribution in [0.1, 0.15) is 93.9 Å². The second-order valence-electron chi connectivity index (χ2n) is 17.6. The van der Waals surface area contributed by atoms with E-state index in [2.05, 4.69) is 13.8 Å². The van der Waals surface area contributed by atoms with Gasteiger partial charge in [0.2, 0.25) is 0 Å². The van der Waals surface area contributed by atoms with Crippen molar-refractivity contribution in [2.45, 2.75) is 135 Å². The maximum Gasteiger partial charge on any atom is 0.191 e. The zero-order valence-corrected chi connectivity index (χ0v) is 45.4. The minimum atomic E-state index is -0.628. The summed E-state index contributed by atoms with van der Waals surface area (Å²) in [6.07, 6.45) is 6.18. The molecule has 69 heavy (non-hydrogen) atoms. The topological polar surface area (TPSA) is 185 Å². The van der Waals surface area contributed by atoms with E-state index < -0.39 is 28.9 Å². The molecule has 0 N–H and O–H groups in total. The summed E-state index contributed by atoms with van der Waals surface area (Å²) in [4.78, 5) is 0. The van der Waals surface area contributed by atoms with Gasteiger partial charge in [-0.15, -0.1) is 0 Å². The highest BCUT2D eigenvalue weighted by Gasteiger charge is 2.44. The summed E-state index contributed by atoms with van der Waals surface area (Å²) >= 11 is 0. The highest BCUT2D eigenvalue weighted by atomic mass is 16.8. The maximum absolute atomic E-state index is 5.68. The zero-order chi connectivity index (χ0) is 51.4. The molecule has 0 aromatic heterocycles. The first kappa shape index (κ1) is 66.2. The predicted molar refractivity (Wildman–Crippen MR) is 256 cm³/mol. The standard InChI is InChI=1S/C10H22O4.C10H18O3.C8H16O4.C8H16O3.C7H14O3.C6H12O3/c1-5-13-10(3,14-6-2)9-12-8-7-11-4;1-8-5-9(11-2)7-10(6-8)12-3-4-13-10;1-8(11-5-6-12-8)7-10-4-3-9-2;1-3-4-8(7-9-2)10-5-6-11-8;1-3-7(6-8-2)9-4-5-10-7;1-6(5-7-2)8-3-4-9-6/h5-9H2,1-4H3;8-9H,3-7H2,1-2H3;3-7H2,1-2H3;3-7H2,1-2H3;3-6H2,1-2H3;3-5H2,1-2H3. The van der Waals surface area contributed by atoms with E-state index in [1.165, 1.54) is 0 Å². The van der Waals surface area contributed by atoms with E-state index in [-0.39, 0.29) is 5.79 Å². The minimum absolute atomic E-state index is 0.307. The van der Waals surface area contributed by atoms with Crippen LogP contribution < -0.4 is 0 Å². The van der Waals surface area contributed by atoms with Gasteiger partial charge in [0.05, 0.1) is 105 Å². The molecule has 0 bridgehead atoms. The van der Waals surface area contributed by atoms with Crippen molar-refractivity contribution in [2.75, 3.05) is 181 Å². The molecule has 0 amide bonds. The molecule has 0 aromatic rings. The van der Waals surface area contributed by atoms with Crippen LogP contribution in [-0.4, -0.2) is 222 Å². The van der Waals surface area contributed by atoms with Crippen molar-refractivity contribution in [3.8, 4) is 0 Å². The molecule has 2 unspecified atom stereocenters. The molecule has 6 fully saturated rings. The molecule has 1 spiro atoms. The Morgan fingerprint density at radius 1 is 0.493 bits per heavy atom. The lowest BCUT2D eigenvalue weighted by molar-refractivity contribution is -0.247. The average Bonchev–Trinajstić information content (AvgIpc) is 4.21. The van der Waals surface area contributed by atoms with Crippen molar-refractivity contribution >= 4 is 0 Å². The van der Waals surface area contributed by atoms with Gasteiger partial charge in [-0.05, 0) is 47.0 Å². The lowest BCUT2D eigenvalue weighted by atomic mass is 9.84. The van der Waals surface area contributed by atoms with Gasteiger partial charge in [-0.3, -0.25) is 0 Å². The summed E-state index contributed by atoms with van der Waals surface area (Å²) in [6, 6.07) is 0. The molecule has 20 heteroatoms. The van der Waals surface area contributed by atoms with Crippen LogP contribution in [0.5, 0.6) is 0 Å². The predicted octanol–water partition coefficient (Wildman–Crippen LogP) is 5.77. The van der Waals surface area contributed by atoms with E-state index in [1.54, 1.807) is 42.7 Å². The van der Waals surface area contributed by atoms with Gasteiger partial charge in [0.1, 0.15) is 26.4 Å². The van der Waals surface area contributed by atoms with Crippen molar-refractivity contribution < 1.29 is 94.7 Å². The molecular formula is C49H98O20. The van der Waals surface area contributed by atoms with Crippen LogP contribution in [0.3, 0.4) is 0 Å². The van der Waals surface area contributed by atoms with E-state index in [0.29, 0.717) is 138 Å². The molecule has 0 radical (unpaired) electrons. The van der Waals surface area contributed by atoms with E-state index in [4.69, 9.17) is 94.7 Å². The number of methoxy groups -OCH3 is 6. The fourth-order valence-electron chi connectivity index (χ4n) is 8.07. The van der Waals surface area contributed by atoms with E-state index in [0.717, 1.165) is 51.7 Å². The monoisotopic (exact) mass is 1010 g/mol. The number of hydrogen-bond donors (Lipinski definition) is 0. The molecule has 0 aromatic carbocycles. The molecule has 5 saturated heterocycles. The molecule has 20 nitrogen and oxygen atoms in total. The summed E-state index contributed by atoms with van der Waals surface area (Å²) in [5, 5.41) is 0. The Kier molecular flexibility index (Phi) is 36.3. The van der Waals surface area contributed by atoms with Gasteiger partial charge in [-0.2, -0.15) is 0 Å². The first-order valence-electron chi connectivity index (χ1n) is 24.9. The van der Waals surface area contributed by atoms with Crippen molar-refractivity contribution in [1.82, 2.24) is 0 Å². The molecule has 1 aliphatic carbocycles. The fraction of sp³-hybridized carbons (Fsp3) is 1.00. The lowest BCUT2D eigenvalue weighted by Crippen LogP contribution is -2.42. The zero-order valence-electron chi connectivity index (χ0n) is 45.4. The van der Waals surface area contributed by atoms with E-state index >= 15 is 0 Å². The first-order valence-corrected chi connectivity index (χ1v) is 24.9. The maximum atomic E-state index is 5.68. The minimum Gasteiger partial charge on any atom is -0.382 e. The fourth-order valence-corrected chi connectivity index (χ4v) is 8.07. The van der Waals surface area contributed by atoms with Crippen LogP contribution in [0.15, 0.2) is 0 Å². The van der Waals surface area contributed by atoms with Gasteiger partial charge in [0.15, 0.2) is 34.7 Å². The van der Waals surface area contributed by atoms with Crippen LogP contribution in [0, 0.1) is 5.92 Å². The van der Waals surface area contributed by atoms with Crippen molar-refractivity contribution in [3.63, 3.8) is 0 Å². The second kappa shape index (κ2) is 37.9. The third-order valence-corrected chi connectivity index (χ3v) is 11.2. The Labute approximate surface area is 416 Å². The second-order valence-corrected chi connectivity index (χ2v) is 17.6. The molecule has 2 atom stereocenters. The van der Waals surface area contributed by atoms with Gasteiger partial charge in [0, 0.05) is 81.6 Å². The normalized spacial score (nSPS) is 23.6. The van der Waals surface area contributed by atoms with Gasteiger partial charge in [-0.25, -0.2) is 0 Å². The Morgan fingerprint density at radius 3 is 1.36 bits per heavy atom. The van der Waals surface area contributed by atoms with Crippen LogP contribution >= 0.6 is 0 Å². The first-order chi connectivity index (χ1) is 33.1. The molecule has 5 aliphatic heterocycles. The van der Waals surface area contributed by atoms with Crippen LogP contribution in [0.2, 0.25) is 0 Å². The highest BCUT2D eigenvalue weighted by molar-refractivity contribution is 4.86. The molecule has 6 aliphatic rings. The molecule has 5 heterocycles. The van der Waals surface area contributed by atoms with Gasteiger partial charge in [-0.1, -0.05) is 27.2 Å². The molecular weight excluding hydrogens is 909 g/mol. The van der Waals surface area contributed by atoms with Gasteiger partial charge < -0.3 is 94.7 Å². The van der Waals surface area contributed by atoms with Crippen molar-refractivity contribution in [2.24, 2.45) is 5.92 Å². The SMILES string of the molecule is CCC1(COC)OCCO1.CCCC1(COC)OCCO1.CCOC(C)(COCCOC)OCC.COC1CC(C)CC2(C1)OCCO2.COCC1(C)OCCO1.COCCOCC1(C)OCCO1. The Balaban J connectivity index is 0.000000416. The van der Waals surface area contributed by atoms with Crippen LogP contribution in [0.25, 0.3) is 0 Å². The van der Waals surface area contributed by atoms with E-state index in [1.807, 2.05) is 41.5 Å². The van der Waals surface area contributed by atoms with E-state index in [9.17, 15) is 0 Å². The summed E-state index contributed by atoms with van der Waals surface area (Å²) < 4.78 is 106. The van der Waals surface area contributed by atoms with Gasteiger partial charge >= 0.3 is 0 Å². The van der Waals surface area contributed by atoms with Crippen LogP contribution in [0.4, 0.5) is 0 Å². The highest BCUT2D eigenvalue weighted by Crippen LogP contribution is 2.39.